The molecule has 1 aliphatic rings. The lowest BCUT2D eigenvalue weighted by molar-refractivity contribution is -0.902. The molecule has 1 aromatic carbocycles. The van der Waals surface area contributed by atoms with E-state index in [0.29, 0.717) is 0 Å². The average molecular weight is 385 g/mol. The number of benzene rings is 1. The van der Waals surface area contributed by atoms with Crippen molar-refractivity contribution in [3.8, 4) is 0 Å². The molecule has 0 amide bonds. The molecular weight excluding hydrogens is 348 g/mol. The molecule has 150 valence electrons. The van der Waals surface area contributed by atoms with Crippen molar-refractivity contribution >= 4 is 10.1 Å². The number of nitrogens with one attached hydrogen (secondary N) is 2. The van der Waals surface area contributed by atoms with Gasteiger partial charge in [-0.3, -0.25) is 0 Å². The molecule has 1 aliphatic heterocycles. The molecule has 6 heteroatoms. The second-order valence-electron chi connectivity index (χ2n) is 7.14. The van der Waals surface area contributed by atoms with Crippen LogP contribution in [0.2, 0.25) is 0 Å². The van der Waals surface area contributed by atoms with Gasteiger partial charge in [-0.15, -0.1) is 0 Å². The normalized spacial score (nSPS) is 15.3. The van der Waals surface area contributed by atoms with E-state index in [9.17, 15) is 13.0 Å². The van der Waals surface area contributed by atoms with Crippen LogP contribution in [0.25, 0.3) is 0 Å². The summed E-state index contributed by atoms with van der Waals surface area (Å²) in [5, 5.41) is 3.42. The van der Waals surface area contributed by atoms with Gasteiger partial charge in [0.1, 0.15) is 10.1 Å². The summed E-state index contributed by atoms with van der Waals surface area (Å²) in [6.07, 6.45) is 10.1. The number of hydrogen-bond donors (Lipinski definition) is 2. The topological polar surface area (TPSA) is 73.7 Å². The number of unbranched alkanes of at least 4 members (excludes halogenated alkanes) is 6. The van der Waals surface area contributed by atoms with Crippen LogP contribution in [-0.2, 0) is 10.1 Å². The fourth-order valence-electron chi connectivity index (χ4n) is 3.07. The third kappa shape index (κ3) is 10.9. The molecule has 26 heavy (non-hydrogen) atoms. The lowest BCUT2D eigenvalue weighted by atomic mass is 10.1. The van der Waals surface area contributed by atoms with Crippen molar-refractivity contribution in [3.05, 3.63) is 29.8 Å². The van der Waals surface area contributed by atoms with Crippen LogP contribution in [-0.4, -0.2) is 45.7 Å². The van der Waals surface area contributed by atoms with Crippen LogP contribution in [0, 0.1) is 6.92 Å². The van der Waals surface area contributed by atoms with Crippen molar-refractivity contribution in [2.24, 2.45) is 0 Å². The number of rotatable bonds is 9. The fraction of sp³-hybridized carbons (Fsp3) is 0.700. The first kappa shape index (κ1) is 23.1. The highest BCUT2D eigenvalue weighted by Gasteiger charge is 2.11. The van der Waals surface area contributed by atoms with E-state index in [1.807, 2.05) is 11.8 Å². The highest BCUT2D eigenvalue weighted by Crippen LogP contribution is 2.08. The molecule has 1 saturated heterocycles. The van der Waals surface area contributed by atoms with Gasteiger partial charge in [0.05, 0.1) is 24.5 Å². The Hall–Kier alpha value is -0.950. The van der Waals surface area contributed by atoms with Crippen molar-refractivity contribution in [2.45, 2.75) is 63.7 Å². The zero-order valence-electron chi connectivity index (χ0n) is 16.4. The third-order valence-electron chi connectivity index (χ3n) is 4.75. The first-order chi connectivity index (χ1) is 12.4. The van der Waals surface area contributed by atoms with Crippen molar-refractivity contribution in [1.82, 2.24) is 5.32 Å². The molecule has 0 atom stereocenters. The number of quaternary nitrogens is 1. The summed E-state index contributed by atoms with van der Waals surface area (Å²) in [5.41, 5.74) is 0.928. The molecule has 0 saturated carbocycles. The van der Waals surface area contributed by atoms with Crippen LogP contribution < -0.4 is 10.2 Å². The summed E-state index contributed by atoms with van der Waals surface area (Å²) in [5.74, 6) is 0. The Labute approximate surface area is 159 Å². The first-order valence-electron chi connectivity index (χ1n) is 10.0. The largest absolute Gasteiger partial charge is 0.744 e. The molecule has 2 rings (SSSR count). The molecule has 0 unspecified atom stereocenters. The van der Waals surface area contributed by atoms with Gasteiger partial charge in [0.15, 0.2) is 0 Å². The molecule has 0 bridgehead atoms. The predicted octanol–water partition coefficient (Wildman–Crippen LogP) is 2.12. The van der Waals surface area contributed by atoms with Crippen LogP contribution in [0.3, 0.4) is 0 Å². The third-order valence-corrected chi connectivity index (χ3v) is 5.60. The number of piperazine rings is 1. The number of aryl methyl sites for hydroxylation is 1. The Kier molecular flexibility index (Phi) is 11.8. The highest BCUT2D eigenvalue weighted by molar-refractivity contribution is 7.85. The van der Waals surface area contributed by atoms with E-state index in [2.05, 4.69) is 12.2 Å². The molecule has 0 spiro atoms. The van der Waals surface area contributed by atoms with Gasteiger partial charge in [-0.25, -0.2) is 8.42 Å². The average Bonchev–Trinajstić information content (AvgIpc) is 2.62. The summed E-state index contributed by atoms with van der Waals surface area (Å²) in [7, 11) is -4.27. The Morgan fingerprint density at radius 2 is 1.50 bits per heavy atom. The summed E-state index contributed by atoms with van der Waals surface area (Å²) < 4.78 is 31.2. The SMILES string of the molecule is CCCCCCCCC[NH+]1CCNCC1.Cc1ccc(S(=O)(=O)[O-])cc1. The Morgan fingerprint density at radius 1 is 0.962 bits per heavy atom. The maximum Gasteiger partial charge on any atom is 0.124 e. The van der Waals surface area contributed by atoms with E-state index in [-0.39, 0.29) is 4.90 Å². The van der Waals surface area contributed by atoms with Crippen LogP contribution in [0.1, 0.15) is 57.4 Å². The Bertz CT molecular complexity index is 567. The first-order valence-corrected chi connectivity index (χ1v) is 11.4. The van der Waals surface area contributed by atoms with Crippen LogP contribution in [0.15, 0.2) is 29.2 Å². The summed E-state index contributed by atoms with van der Waals surface area (Å²) in [6, 6.07) is 5.78. The lowest BCUT2D eigenvalue weighted by Crippen LogP contribution is -3.14. The van der Waals surface area contributed by atoms with E-state index in [1.165, 1.54) is 89.8 Å². The van der Waals surface area contributed by atoms with Crippen molar-refractivity contribution in [3.63, 3.8) is 0 Å². The molecule has 2 N–H and O–H groups in total. The van der Waals surface area contributed by atoms with Crippen LogP contribution >= 0.6 is 0 Å². The minimum absolute atomic E-state index is 0.178. The summed E-state index contributed by atoms with van der Waals surface area (Å²) in [4.78, 5) is 1.64. The molecule has 1 aromatic rings. The minimum atomic E-state index is -4.27. The zero-order valence-corrected chi connectivity index (χ0v) is 17.2. The van der Waals surface area contributed by atoms with Gasteiger partial charge in [0.25, 0.3) is 0 Å². The molecule has 0 aliphatic carbocycles. The van der Waals surface area contributed by atoms with Crippen LogP contribution in [0.5, 0.6) is 0 Å². The van der Waals surface area contributed by atoms with Gasteiger partial charge >= 0.3 is 0 Å². The summed E-state index contributed by atoms with van der Waals surface area (Å²) >= 11 is 0. The van der Waals surface area contributed by atoms with Gasteiger partial charge in [-0.2, -0.15) is 0 Å². The Morgan fingerprint density at radius 3 is 2.04 bits per heavy atom. The lowest BCUT2D eigenvalue weighted by Gasteiger charge is -2.24. The van der Waals surface area contributed by atoms with Crippen LogP contribution in [0.4, 0.5) is 0 Å². The van der Waals surface area contributed by atoms with E-state index in [4.69, 9.17) is 0 Å². The maximum atomic E-state index is 10.4. The van der Waals surface area contributed by atoms with Gasteiger partial charge in [-0.1, -0.05) is 56.7 Å². The van der Waals surface area contributed by atoms with Crippen molar-refractivity contribution in [2.75, 3.05) is 32.7 Å². The molecular formula is C20H36N2O3S. The van der Waals surface area contributed by atoms with Crippen molar-refractivity contribution in [1.29, 1.82) is 0 Å². The van der Waals surface area contributed by atoms with Gasteiger partial charge in [0.2, 0.25) is 0 Å². The van der Waals surface area contributed by atoms with Gasteiger partial charge in [0, 0.05) is 13.1 Å². The Balaban J connectivity index is 0.000000273. The standard InChI is InChI=1S/C13H28N2.C7H8O3S/c1-2-3-4-5-6-7-8-11-15-12-9-14-10-13-15;1-6-2-4-7(5-3-6)11(8,9)10/h14H,2-13H2,1H3;2-5H,1H3,(H,8,9,10). The molecule has 0 aromatic heterocycles. The van der Waals surface area contributed by atoms with Gasteiger partial charge in [-0.05, 0) is 31.9 Å². The zero-order chi connectivity index (χ0) is 19.3. The van der Waals surface area contributed by atoms with Gasteiger partial charge < -0.3 is 14.8 Å². The van der Waals surface area contributed by atoms with E-state index in [0.717, 1.165) is 5.56 Å². The fourth-order valence-corrected chi connectivity index (χ4v) is 3.54. The highest BCUT2D eigenvalue weighted by atomic mass is 32.2. The smallest absolute Gasteiger partial charge is 0.124 e. The van der Waals surface area contributed by atoms with E-state index < -0.39 is 10.1 Å². The molecule has 5 nitrogen and oxygen atoms in total. The minimum Gasteiger partial charge on any atom is -0.744 e. The van der Waals surface area contributed by atoms with Crippen molar-refractivity contribution < 1.29 is 17.9 Å². The molecule has 1 fully saturated rings. The maximum absolute atomic E-state index is 10.4. The quantitative estimate of drug-likeness (QED) is 0.505. The predicted molar refractivity (Wildman–Crippen MR) is 106 cm³/mol. The second-order valence-corrected chi connectivity index (χ2v) is 8.52. The van der Waals surface area contributed by atoms with E-state index in [1.54, 1.807) is 12.1 Å². The second kappa shape index (κ2) is 13.3. The number of hydrogen-bond acceptors (Lipinski definition) is 4. The monoisotopic (exact) mass is 384 g/mol. The summed E-state index contributed by atoms with van der Waals surface area (Å²) in [6.45, 7) is 10.7. The molecule has 1 heterocycles. The van der Waals surface area contributed by atoms with E-state index >= 15 is 0 Å². The molecule has 0 radical (unpaired) electrons.